The molecule has 0 aliphatic rings. The average molecular weight is 214 g/mol. The third-order valence-corrected chi connectivity index (χ3v) is 3.12. The van der Waals surface area contributed by atoms with Crippen molar-refractivity contribution in [3.05, 3.63) is 29.6 Å². The molecular weight excluding hydrogens is 199 g/mol. The van der Waals surface area contributed by atoms with Crippen molar-refractivity contribution < 1.29 is 9.13 Å². The van der Waals surface area contributed by atoms with E-state index in [9.17, 15) is 4.39 Å². The van der Waals surface area contributed by atoms with Crippen molar-refractivity contribution in [3.63, 3.8) is 0 Å². The maximum atomic E-state index is 13.1. The molecule has 0 heterocycles. The van der Waals surface area contributed by atoms with E-state index >= 15 is 0 Å². The molecule has 0 aliphatic carbocycles. The van der Waals surface area contributed by atoms with Gasteiger partial charge in [0.25, 0.3) is 0 Å². The quantitative estimate of drug-likeness (QED) is 0.761. The van der Waals surface area contributed by atoms with Crippen LogP contribution in [0.1, 0.15) is 19.4 Å². The summed E-state index contributed by atoms with van der Waals surface area (Å²) in [6, 6.07) is 4.93. The molecule has 1 rings (SSSR count). The zero-order chi connectivity index (χ0) is 10.8. The number of ether oxygens (including phenoxy) is 1. The van der Waals surface area contributed by atoms with Gasteiger partial charge in [-0.2, -0.15) is 12.6 Å². The minimum atomic E-state index is -0.328. The Morgan fingerprint density at radius 3 is 2.57 bits per heavy atom. The van der Waals surface area contributed by atoms with Crippen LogP contribution in [0.4, 0.5) is 4.39 Å². The van der Waals surface area contributed by atoms with Crippen LogP contribution < -0.4 is 4.74 Å². The van der Waals surface area contributed by atoms with Gasteiger partial charge in [0.2, 0.25) is 0 Å². The molecule has 0 aromatic heterocycles. The summed E-state index contributed by atoms with van der Waals surface area (Å²) in [4.78, 5) is 0. The number of hydrogen-bond acceptors (Lipinski definition) is 2. The summed E-state index contributed by atoms with van der Waals surface area (Å²) >= 11 is 4.27. The zero-order valence-electron chi connectivity index (χ0n) is 8.67. The molecule has 78 valence electrons. The summed E-state index contributed by atoms with van der Waals surface area (Å²) in [5, 5.41) is 0. The number of benzene rings is 1. The van der Waals surface area contributed by atoms with E-state index in [1.807, 2.05) is 0 Å². The molecule has 1 aromatic rings. The minimum absolute atomic E-state index is 0.0654. The minimum Gasteiger partial charge on any atom is -0.494 e. The second kappa shape index (κ2) is 4.22. The lowest BCUT2D eigenvalue weighted by Gasteiger charge is -2.23. The van der Waals surface area contributed by atoms with Crippen LogP contribution in [0.5, 0.6) is 5.75 Å². The fraction of sp³-hybridized carbons (Fsp3) is 0.455. The van der Waals surface area contributed by atoms with Gasteiger partial charge in [0.05, 0.1) is 7.11 Å². The van der Waals surface area contributed by atoms with Crippen LogP contribution in [0.15, 0.2) is 18.2 Å². The molecule has 3 heteroatoms. The molecule has 1 nitrogen and oxygen atoms in total. The lowest BCUT2D eigenvalue weighted by Crippen LogP contribution is -2.19. The van der Waals surface area contributed by atoms with Gasteiger partial charge in [-0.3, -0.25) is 0 Å². The average Bonchev–Trinajstić information content (AvgIpc) is 2.18. The van der Waals surface area contributed by atoms with Gasteiger partial charge in [0, 0.05) is 0 Å². The van der Waals surface area contributed by atoms with Crippen molar-refractivity contribution in [2.75, 3.05) is 12.9 Å². The first-order valence-electron chi connectivity index (χ1n) is 4.46. The van der Waals surface area contributed by atoms with Crippen LogP contribution in [0.3, 0.4) is 0 Å². The Morgan fingerprint density at radius 2 is 2.07 bits per heavy atom. The SMILES string of the molecule is COc1cc(C(C)(C)CS)ccc1F. The summed E-state index contributed by atoms with van der Waals surface area (Å²) in [5.41, 5.74) is 0.968. The van der Waals surface area contributed by atoms with Gasteiger partial charge in [0.15, 0.2) is 11.6 Å². The summed E-state index contributed by atoms with van der Waals surface area (Å²) < 4.78 is 18.0. The molecule has 14 heavy (non-hydrogen) atoms. The summed E-state index contributed by atoms with van der Waals surface area (Å²) in [6.07, 6.45) is 0. The molecule has 0 N–H and O–H groups in total. The topological polar surface area (TPSA) is 9.23 Å². The number of halogens is 1. The normalized spacial score (nSPS) is 11.5. The summed E-state index contributed by atoms with van der Waals surface area (Å²) in [6.45, 7) is 4.12. The van der Waals surface area contributed by atoms with E-state index in [-0.39, 0.29) is 17.0 Å². The lowest BCUT2D eigenvalue weighted by atomic mass is 9.86. The standard InChI is InChI=1S/C11H15FOS/c1-11(2,7-14)8-4-5-9(12)10(6-8)13-3/h4-6,14H,7H2,1-3H3. The Balaban J connectivity index is 3.12. The van der Waals surface area contributed by atoms with Crippen molar-refractivity contribution >= 4 is 12.6 Å². The first kappa shape index (κ1) is 11.4. The van der Waals surface area contributed by atoms with Crippen LogP contribution in [0.2, 0.25) is 0 Å². The molecule has 0 amide bonds. The monoisotopic (exact) mass is 214 g/mol. The molecule has 0 spiro atoms. The molecule has 0 radical (unpaired) electrons. The summed E-state index contributed by atoms with van der Waals surface area (Å²) in [7, 11) is 1.47. The van der Waals surface area contributed by atoms with Crippen molar-refractivity contribution in [1.29, 1.82) is 0 Å². The predicted octanol–water partition coefficient (Wildman–Crippen LogP) is 3.04. The predicted molar refractivity (Wildman–Crippen MR) is 59.8 cm³/mol. The summed E-state index contributed by atoms with van der Waals surface area (Å²) in [5.74, 6) is 0.672. The Hall–Kier alpha value is -0.700. The molecule has 0 atom stereocenters. The molecular formula is C11H15FOS. The first-order chi connectivity index (χ1) is 6.51. The van der Waals surface area contributed by atoms with Crippen LogP contribution in [-0.2, 0) is 5.41 Å². The number of methoxy groups -OCH3 is 1. The van der Waals surface area contributed by atoms with Gasteiger partial charge in [-0.05, 0) is 28.9 Å². The number of hydrogen-bond donors (Lipinski definition) is 1. The van der Waals surface area contributed by atoms with Gasteiger partial charge in [0.1, 0.15) is 0 Å². The van der Waals surface area contributed by atoms with Crippen molar-refractivity contribution in [2.24, 2.45) is 0 Å². The van der Waals surface area contributed by atoms with E-state index in [0.29, 0.717) is 5.75 Å². The second-order valence-corrected chi connectivity index (χ2v) is 4.21. The third kappa shape index (κ3) is 2.21. The molecule has 0 aliphatic heterocycles. The Labute approximate surface area is 89.7 Å². The van der Waals surface area contributed by atoms with Crippen molar-refractivity contribution in [3.8, 4) is 5.75 Å². The molecule has 0 unspecified atom stereocenters. The number of rotatable bonds is 3. The smallest absolute Gasteiger partial charge is 0.165 e. The fourth-order valence-corrected chi connectivity index (χ4v) is 1.35. The Bertz CT molecular complexity index is 323. The van der Waals surface area contributed by atoms with Gasteiger partial charge in [-0.25, -0.2) is 4.39 Å². The largest absolute Gasteiger partial charge is 0.494 e. The van der Waals surface area contributed by atoms with E-state index in [0.717, 1.165) is 5.56 Å². The van der Waals surface area contributed by atoms with Gasteiger partial charge < -0.3 is 4.74 Å². The highest BCUT2D eigenvalue weighted by Gasteiger charge is 2.19. The van der Waals surface area contributed by atoms with Gasteiger partial charge in [-0.15, -0.1) is 0 Å². The Morgan fingerprint density at radius 1 is 1.43 bits per heavy atom. The zero-order valence-corrected chi connectivity index (χ0v) is 9.57. The van der Waals surface area contributed by atoms with Crippen LogP contribution in [0.25, 0.3) is 0 Å². The van der Waals surface area contributed by atoms with Crippen molar-refractivity contribution in [1.82, 2.24) is 0 Å². The molecule has 1 aromatic carbocycles. The second-order valence-electron chi connectivity index (χ2n) is 3.89. The number of thiol groups is 1. The molecule has 0 saturated heterocycles. The highest BCUT2D eigenvalue weighted by Crippen LogP contribution is 2.28. The highest BCUT2D eigenvalue weighted by molar-refractivity contribution is 7.80. The van der Waals surface area contributed by atoms with Gasteiger partial charge in [-0.1, -0.05) is 19.9 Å². The Kier molecular flexibility index (Phi) is 3.43. The molecule has 0 fully saturated rings. The first-order valence-corrected chi connectivity index (χ1v) is 5.09. The van der Waals surface area contributed by atoms with E-state index in [2.05, 4.69) is 26.5 Å². The van der Waals surface area contributed by atoms with Crippen LogP contribution in [-0.4, -0.2) is 12.9 Å². The van der Waals surface area contributed by atoms with E-state index < -0.39 is 0 Å². The maximum absolute atomic E-state index is 13.1. The van der Waals surface area contributed by atoms with Crippen LogP contribution >= 0.6 is 12.6 Å². The fourth-order valence-electron chi connectivity index (χ4n) is 1.17. The highest BCUT2D eigenvalue weighted by atomic mass is 32.1. The van der Waals surface area contributed by atoms with Crippen molar-refractivity contribution in [2.45, 2.75) is 19.3 Å². The molecule has 0 saturated carbocycles. The van der Waals surface area contributed by atoms with E-state index in [1.165, 1.54) is 13.2 Å². The van der Waals surface area contributed by atoms with Crippen LogP contribution in [0, 0.1) is 5.82 Å². The lowest BCUT2D eigenvalue weighted by molar-refractivity contribution is 0.384. The maximum Gasteiger partial charge on any atom is 0.165 e. The molecule has 0 bridgehead atoms. The third-order valence-electron chi connectivity index (χ3n) is 2.33. The van der Waals surface area contributed by atoms with E-state index in [4.69, 9.17) is 4.74 Å². The van der Waals surface area contributed by atoms with Gasteiger partial charge >= 0.3 is 0 Å². The van der Waals surface area contributed by atoms with E-state index in [1.54, 1.807) is 12.1 Å².